The van der Waals surface area contributed by atoms with Crippen LogP contribution in [0.2, 0.25) is 0 Å². The first-order valence-corrected chi connectivity index (χ1v) is 6.68. The van der Waals surface area contributed by atoms with Crippen molar-refractivity contribution < 1.29 is 9.59 Å². The average molecular weight is 256 g/mol. The van der Waals surface area contributed by atoms with E-state index in [1.165, 1.54) is 0 Å². The lowest BCUT2D eigenvalue weighted by molar-refractivity contribution is -0.134. The molecule has 4 N–H and O–H groups in total. The molecule has 0 aromatic carbocycles. The molecule has 6 heteroatoms. The Kier molecular flexibility index (Phi) is 7.36. The molecule has 0 saturated carbocycles. The molecule has 0 atom stereocenters. The van der Waals surface area contributed by atoms with E-state index in [-0.39, 0.29) is 11.8 Å². The van der Waals surface area contributed by atoms with Gasteiger partial charge in [-0.1, -0.05) is 0 Å². The topological polar surface area (TPSA) is 82.3 Å². The fourth-order valence-corrected chi connectivity index (χ4v) is 1.70. The molecule has 0 aliphatic carbocycles. The third-order valence-electron chi connectivity index (χ3n) is 2.92. The van der Waals surface area contributed by atoms with Gasteiger partial charge in [-0.3, -0.25) is 9.59 Å². The number of hydrogen-bond donors (Lipinski definition) is 4. The van der Waals surface area contributed by atoms with Crippen LogP contribution in [0.15, 0.2) is 0 Å². The van der Waals surface area contributed by atoms with Crippen molar-refractivity contribution >= 4 is 11.8 Å². The zero-order valence-corrected chi connectivity index (χ0v) is 11.1. The van der Waals surface area contributed by atoms with E-state index >= 15 is 0 Å². The van der Waals surface area contributed by atoms with E-state index in [0.717, 1.165) is 39.0 Å². The van der Waals surface area contributed by atoms with Crippen LogP contribution in [0.3, 0.4) is 0 Å². The standard InChI is InChI=1S/C12H24N4O2/c1-10-11(17)15-6-2-4-13-8-9-14-5-3-7-16-12(10)18/h10,13-14H,2-9H2,1H3,(H,15,17)(H,16,18). The van der Waals surface area contributed by atoms with Crippen LogP contribution < -0.4 is 21.3 Å². The molecule has 0 aromatic rings. The van der Waals surface area contributed by atoms with E-state index in [4.69, 9.17) is 0 Å². The van der Waals surface area contributed by atoms with Gasteiger partial charge in [0.25, 0.3) is 0 Å². The van der Waals surface area contributed by atoms with Crippen molar-refractivity contribution in [1.29, 1.82) is 0 Å². The molecule has 18 heavy (non-hydrogen) atoms. The number of nitrogens with one attached hydrogen (secondary N) is 4. The van der Waals surface area contributed by atoms with Crippen LogP contribution in [-0.2, 0) is 9.59 Å². The Morgan fingerprint density at radius 1 is 0.778 bits per heavy atom. The van der Waals surface area contributed by atoms with Crippen LogP contribution in [0.25, 0.3) is 0 Å². The summed E-state index contributed by atoms with van der Waals surface area (Å²) in [6, 6.07) is 0. The summed E-state index contributed by atoms with van der Waals surface area (Å²) in [6.45, 7) is 6.46. The van der Waals surface area contributed by atoms with Crippen LogP contribution in [-0.4, -0.2) is 51.1 Å². The lowest BCUT2D eigenvalue weighted by Gasteiger charge is -2.12. The smallest absolute Gasteiger partial charge is 0.232 e. The van der Waals surface area contributed by atoms with Gasteiger partial charge in [-0.25, -0.2) is 0 Å². The van der Waals surface area contributed by atoms with E-state index in [0.29, 0.717) is 13.1 Å². The molecule has 1 aliphatic rings. The van der Waals surface area contributed by atoms with Crippen molar-refractivity contribution in [3.05, 3.63) is 0 Å². The number of amides is 2. The molecule has 1 fully saturated rings. The SMILES string of the molecule is CC1C(=O)NCCCNCCNCCCNC1=O. The first-order chi connectivity index (χ1) is 8.72. The maximum atomic E-state index is 11.7. The van der Waals surface area contributed by atoms with Gasteiger partial charge < -0.3 is 21.3 Å². The van der Waals surface area contributed by atoms with Gasteiger partial charge in [-0.2, -0.15) is 0 Å². The largest absolute Gasteiger partial charge is 0.355 e. The highest BCUT2D eigenvalue weighted by Crippen LogP contribution is 1.95. The second kappa shape index (κ2) is 8.88. The van der Waals surface area contributed by atoms with Gasteiger partial charge in [0.1, 0.15) is 5.92 Å². The second-order valence-electron chi connectivity index (χ2n) is 4.51. The Morgan fingerprint density at radius 2 is 1.22 bits per heavy atom. The summed E-state index contributed by atoms with van der Waals surface area (Å²) in [5.41, 5.74) is 0. The maximum Gasteiger partial charge on any atom is 0.232 e. The van der Waals surface area contributed by atoms with Gasteiger partial charge in [-0.05, 0) is 32.9 Å². The molecule has 104 valence electrons. The summed E-state index contributed by atoms with van der Waals surface area (Å²) in [4.78, 5) is 23.3. The highest BCUT2D eigenvalue weighted by molar-refractivity contribution is 5.99. The minimum absolute atomic E-state index is 0.194. The number of carbonyl (C=O) groups is 2. The van der Waals surface area contributed by atoms with E-state index < -0.39 is 5.92 Å². The highest BCUT2D eigenvalue weighted by atomic mass is 16.2. The number of carbonyl (C=O) groups excluding carboxylic acids is 2. The molecule has 0 aromatic heterocycles. The monoisotopic (exact) mass is 256 g/mol. The molecule has 2 amide bonds. The number of rotatable bonds is 0. The Labute approximate surface area is 108 Å². The van der Waals surface area contributed by atoms with Gasteiger partial charge in [0.05, 0.1) is 0 Å². The molecule has 0 unspecified atom stereocenters. The van der Waals surface area contributed by atoms with E-state index in [2.05, 4.69) is 21.3 Å². The van der Waals surface area contributed by atoms with E-state index in [1.807, 2.05) is 0 Å². The molecule has 0 radical (unpaired) electrons. The van der Waals surface area contributed by atoms with Crippen LogP contribution >= 0.6 is 0 Å². The van der Waals surface area contributed by atoms with Crippen LogP contribution in [0, 0.1) is 5.92 Å². The molecular weight excluding hydrogens is 232 g/mol. The van der Waals surface area contributed by atoms with Gasteiger partial charge in [0, 0.05) is 26.2 Å². The van der Waals surface area contributed by atoms with Crippen molar-refractivity contribution in [2.75, 3.05) is 39.3 Å². The Hall–Kier alpha value is -1.14. The lowest BCUT2D eigenvalue weighted by Crippen LogP contribution is -2.40. The van der Waals surface area contributed by atoms with Gasteiger partial charge in [0.2, 0.25) is 11.8 Å². The first-order valence-electron chi connectivity index (χ1n) is 6.68. The molecule has 1 rings (SSSR count). The van der Waals surface area contributed by atoms with Crippen molar-refractivity contribution in [3.63, 3.8) is 0 Å². The Morgan fingerprint density at radius 3 is 1.67 bits per heavy atom. The van der Waals surface area contributed by atoms with Crippen LogP contribution in [0.1, 0.15) is 19.8 Å². The predicted molar refractivity (Wildman–Crippen MR) is 70.2 cm³/mol. The molecule has 1 heterocycles. The molecule has 0 spiro atoms. The summed E-state index contributed by atoms with van der Waals surface area (Å²) < 4.78 is 0. The minimum atomic E-state index is -0.615. The zero-order valence-electron chi connectivity index (χ0n) is 11.1. The maximum absolute atomic E-state index is 11.7. The van der Waals surface area contributed by atoms with Crippen LogP contribution in [0.5, 0.6) is 0 Å². The molecule has 0 bridgehead atoms. The van der Waals surface area contributed by atoms with Crippen molar-refractivity contribution in [2.24, 2.45) is 5.92 Å². The van der Waals surface area contributed by atoms with Crippen molar-refractivity contribution in [3.8, 4) is 0 Å². The quantitative estimate of drug-likeness (QED) is 0.412. The average Bonchev–Trinajstić information content (AvgIpc) is 2.38. The fraction of sp³-hybridized carbons (Fsp3) is 0.833. The molecular formula is C12H24N4O2. The second-order valence-corrected chi connectivity index (χ2v) is 4.51. The van der Waals surface area contributed by atoms with Gasteiger partial charge in [-0.15, -0.1) is 0 Å². The fourth-order valence-electron chi connectivity index (χ4n) is 1.70. The van der Waals surface area contributed by atoms with Crippen LogP contribution in [0.4, 0.5) is 0 Å². The lowest BCUT2D eigenvalue weighted by atomic mass is 10.1. The summed E-state index contributed by atoms with van der Waals surface area (Å²) in [7, 11) is 0. The van der Waals surface area contributed by atoms with Crippen molar-refractivity contribution in [2.45, 2.75) is 19.8 Å². The molecule has 1 saturated heterocycles. The third-order valence-corrected chi connectivity index (χ3v) is 2.92. The molecule has 6 nitrogen and oxygen atoms in total. The van der Waals surface area contributed by atoms with Gasteiger partial charge >= 0.3 is 0 Å². The predicted octanol–water partition coefficient (Wildman–Crippen LogP) is -1.17. The summed E-state index contributed by atoms with van der Waals surface area (Å²) in [5.74, 6) is -1.00. The van der Waals surface area contributed by atoms with Crippen molar-refractivity contribution in [1.82, 2.24) is 21.3 Å². The Balaban J connectivity index is 2.38. The summed E-state index contributed by atoms with van der Waals surface area (Å²) >= 11 is 0. The third kappa shape index (κ3) is 5.97. The normalized spacial score (nSPS) is 22.5. The number of hydrogen-bond acceptors (Lipinski definition) is 4. The van der Waals surface area contributed by atoms with E-state index in [1.54, 1.807) is 6.92 Å². The summed E-state index contributed by atoms with van der Waals surface area (Å²) in [6.07, 6.45) is 1.75. The summed E-state index contributed by atoms with van der Waals surface area (Å²) in [5, 5.41) is 12.1. The first kappa shape index (κ1) is 14.9. The van der Waals surface area contributed by atoms with Gasteiger partial charge in [0.15, 0.2) is 0 Å². The minimum Gasteiger partial charge on any atom is -0.355 e. The zero-order chi connectivity index (χ0) is 13.2. The molecule has 1 aliphatic heterocycles. The Bertz CT molecular complexity index is 245. The van der Waals surface area contributed by atoms with E-state index in [9.17, 15) is 9.59 Å². The highest BCUT2D eigenvalue weighted by Gasteiger charge is 2.20.